The van der Waals surface area contributed by atoms with Crippen LogP contribution in [0.4, 0.5) is 0 Å². The average Bonchev–Trinajstić information content (AvgIpc) is 3.22. The highest BCUT2D eigenvalue weighted by Gasteiger charge is 2.55. The first-order valence-electron chi connectivity index (χ1n) is 7.35. The highest BCUT2D eigenvalue weighted by atomic mass is 16.6. The molecular formula is C16H16N2O3. The fourth-order valence-electron chi connectivity index (χ4n) is 4.09. The number of hydrogen-bond donors (Lipinski definition) is 1. The number of carbonyl (C=O) groups excluding carboxylic acids is 1. The van der Waals surface area contributed by atoms with Gasteiger partial charge in [-0.25, -0.2) is 0 Å². The van der Waals surface area contributed by atoms with E-state index in [9.17, 15) is 10.0 Å². The predicted molar refractivity (Wildman–Crippen MR) is 76.6 cm³/mol. The summed E-state index contributed by atoms with van der Waals surface area (Å²) in [6.45, 7) is 0. The Morgan fingerprint density at radius 1 is 1.24 bits per heavy atom. The van der Waals surface area contributed by atoms with Crippen LogP contribution in [0.1, 0.15) is 29.6 Å². The van der Waals surface area contributed by atoms with Crippen LogP contribution in [-0.2, 0) is 4.84 Å². The second-order valence-electron chi connectivity index (χ2n) is 6.05. The van der Waals surface area contributed by atoms with E-state index in [2.05, 4.69) is 10.3 Å². The topological polar surface area (TPSA) is 71.2 Å². The number of ketones is 1. The Bertz CT molecular complexity index is 638. The van der Waals surface area contributed by atoms with Crippen molar-refractivity contribution in [2.24, 2.45) is 28.1 Å². The lowest BCUT2D eigenvalue weighted by molar-refractivity contribution is 0.0275. The largest absolute Gasteiger partial charge is 0.410 e. The van der Waals surface area contributed by atoms with Crippen LogP contribution in [0.15, 0.2) is 40.6 Å². The van der Waals surface area contributed by atoms with E-state index in [0.29, 0.717) is 23.1 Å². The Kier molecular flexibility index (Phi) is 2.80. The molecule has 0 saturated heterocycles. The van der Waals surface area contributed by atoms with Gasteiger partial charge in [0.25, 0.3) is 0 Å². The third-order valence-electron chi connectivity index (χ3n) is 5.02. The number of hydrogen-bond acceptors (Lipinski definition) is 5. The number of carbonyl (C=O) groups is 1. The van der Waals surface area contributed by atoms with Crippen LogP contribution in [0.3, 0.4) is 0 Å². The molecule has 2 fully saturated rings. The van der Waals surface area contributed by atoms with Crippen molar-refractivity contribution in [3.8, 4) is 0 Å². The van der Waals surface area contributed by atoms with E-state index in [1.807, 2.05) is 6.07 Å². The van der Waals surface area contributed by atoms with Gasteiger partial charge in [0.2, 0.25) is 5.78 Å². The number of oxime groups is 2. The maximum Gasteiger partial charge on any atom is 0.216 e. The molecule has 5 heteroatoms. The third kappa shape index (κ3) is 1.80. The Hall–Kier alpha value is -2.17. The molecule has 5 nitrogen and oxygen atoms in total. The molecule has 2 bridgehead atoms. The molecule has 4 rings (SSSR count). The maximum absolute atomic E-state index is 12.5. The summed E-state index contributed by atoms with van der Waals surface area (Å²) in [5.74, 6) is 0.848. The fraction of sp³-hybridized carbons (Fsp3) is 0.438. The molecule has 1 aromatic carbocycles. The van der Waals surface area contributed by atoms with Gasteiger partial charge in [-0.2, -0.15) is 0 Å². The minimum absolute atomic E-state index is 0.0289. The molecule has 1 N–H and O–H groups in total. The maximum atomic E-state index is 12.5. The van der Waals surface area contributed by atoms with E-state index in [1.54, 1.807) is 24.3 Å². The summed E-state index contributed by atoms with van der Waals surface area (Å²) in [5.41, 5.74) is 1.06. The SMILES string of the molecule is O=C(/C(=N/O)C1=NO[C@H]2[C@@H]3CC[C@@H](C3)[C@@H]12)c1ccccc1. The zero-order valence-electron chi connectivity index (χ0n) is 11.5. The molecule has 0 radical (unpaired) electrons. The highest BCUT2D eigenvalue weighted by molar-refractivity contribution is 6.70. The smallest absolute Gasteiger partial charge is 0.216 e. The molecule has 2 saturated carbocycles. The van der Waals surface area contributed by atoms with Crippen LogP contribution >= 0.6 is 0 Å². The molecule has 0 amide bonds. The average molecular weight is 284 g/mol. The van der Waals surface area contributed by atoms with E-state index in [1.165, 1.54) is 6.42 Å². The molecule has 0 aromatic heterocycles. The molecule has 108 valence electrons. The van der Waals surface area contributed by atoms with Gasteiger partial charge >= 0.3 is 0 Å². The predicted octanol–water partition coefficient (Wildman–Crippen LogP) is 2.50. The van der Waals surface area contributed by atoms with Crippen molar-refractivity contribution < 1.29 is 14.8 Å². The minimum Gasteiger partial charge on any atom is -0.410 e. The summed E-state index contributed by atoms with van der Waals surface area (Å²) in [7, 11) is 0. The minimum atomic E-state index is -0.302. The van der Waals surface area contributed by atoms with Gasteiger partial charge in [-0.05, 0) is 31.1 Å². The van der Waals surface area contributed by atoms with Crippen LogP contribution in [0, 0.1) is 17.8 Å². The van der Waals surface area contributed by atoms with Crippen molar-refractivity contribution >= 4 is 17.2 Å². The Balaban J connectivity index is 1.64. The molecular weight excluding hydrogens is 268 g/mol. The summed E-state index contributed by atoms with van der Waals surface area (Å²) in [6.07, 6.45) is 3.52. The molecule has 3 aliphatic rings. The van der Waals surface area contributed by atoms with Crippen molar-refractivity contribution in [3.05, 3.63) is 35.9 Å². The number of Topliss-reactive ketones (excluding diaryl/α,β-unsaturated/α-hetero) is 1. The number of fused-ring (bicyclic) bond motifs is 5. The number of benzene rings is 1. The molecule has 1 heterocycles. The molecule has 1 aromatic rings. The molecule has 1 aliphatic heterocycles. The highest BCUT2D eigenvalue weighted by Crippen LogP contribution is 2.52. The molecule has 4 atom stereocenters. The van der Waals surface area contributed by atoms with Crippen LogP contribution in [0.5, 0.6) is 0 Å². The molecule has 0 unspecified atom stereocenters. The zero-order valence-corrected chi connectivity index (χ0v) is 11.5. The van der Waals surface area contributed by atoms with Gasteiger partial charge in [0.05, 0.1) is 0 Å². The van der Waals surface area contributed by atoms with E-state index in [4.69, 9.17) is 4.84 Å². The van der Waals surface area contributed by atoms with Gasteiger partial charge in [0, 0.05) is 11.5 Å². The fourth-order valence-corrected chi connectivity index (χ4v) is 4.09. The lowest BCUT2D eigenvalue weighted by Gasteiger charge is -2.22. The molecule has 21 heavy (non-hydrogen) atoms. The number of nitrogens with zero attached hydrogens (tertiary/aromatic N) is 2. The molecule has 0 spiro atoms. The van der Waals surface area contributed by atoms with Gasteiger partial charge in [0.15, 0.2) is 5.71 Å². The van der Waals surface area contributed by atoms with Gasteiger partial charge in [0.1, 0.15) is 11.8 Å². The van der Waals surface area contributed by atoms with Crippen LogP contribution < -0.4 is 0 Å². The summed E-state index contributed by atoms with van der Waals surface area (Å²) in [5, 5.41) is 16.7. The van der Waals surface area contributed by atoms with Gasteiger partial charge < -0.3 is 10.0 Å². The van der Waals surface area contributed by atoms with Crippen molar-refractivity contribution in [2.45, 2.75) is 25.4 Å². The van der Waals surface area contributed by atoms with Crippen LogP contribution in [0.25, 0.3) is 0 Å². The van der Waals surface area contributed by atoms with E-state index in [-0.39, 0.29) is 23.5 Å². The van der Waals surface area contributed by atoms with Crippen molar-refractivity contribution in [2.75, 3.05) is 0 Å². The molecule has 2 aliphatic carbocycles. The standard InChI is InChI=1S/C16H16N2O3/c19-15(9-4-2-1-3-5-9)14(17-20)13-12-10-6-7-11(8-10)16(12)21-18-13/h1-5,10-12,16,20H,6-8H2/b17-14+/t10-,11+,12-,16-/m0/s1. The summed E-state index contributed by atoms with van der Waals surface area (Å²) in [6, 6.07) is 8.84. The lowest BCUT2D eigenvalue weighted by atomic mass is 9.81. The Labute approximate surface area is 122 Å². The Morgan fingerprint density at radius 3 is 2.76 bits per heavy atom. The first-order valence-corrected chi connectivity index (χ1v) is 7.35. The van der Waals surface area contributed by atoms with Gasteiger partial charge in [-0.1, -0.05) is 40.6 Å². The van der Waals surface area contributed by atoms with Gasteiger partial charge in [-0.15, -0.1) is 0 Å². The quantitative estimate of drug-likeness (QED) is 0.401. The Morgan fingerprint density at radius 2 is 2.00 bits per heavy atom. The van der Waals surface area contributed by atoms with Crippen LogP contribution in [-0.4, -0.2) is 28.5 Å². The number of rotatable bonds is 3. The first-order chi connectivity index (χ1) is 10.3. The monoisotopic (exact) mass is 284 g/mol. The second kappa shape index (κ2) is 4.69. The summed E-state index contributed by atoms with van der Waals surface area (Å²) in [4.78, 5) is 18.1. The van der Waals surface area contributed by atoms with E-state index < -0.39 is 0 Å². The zero-order chi connectivity index (χ0) is 14.4. The first kappa shape index (κ1) is 12.6. The second-order valence-corrected chi connectivity index (χ2v) is 6.05. The van der Waals surface area contributed by atoms with Crippen LogP contribution in [0.2, 0.25) is 0 Å². The summed E-state index contributed by atoms with van der Waals surface area (Å²) < 4.78 is 0. The summed E-state index contributed by atoms with van der Waals surface area (Å²) >= 11 is 0. The van der Waals surface area contributed by atoms with Crippen molar-refractivity contribution in [1.29, 1.82) is 0 Å². The van der Waals surface area contributed by atoms with Gasteiger partial charge in [-0.3, -0.25) is 4.79 Å². The van der Waals surface area contributed by atoms with E-state index >= 15 is 0 Å². The van der Waals surface area contributed by atoms with Crippen molar-refractivity contribution in [1.82, 2.24) is 0 Å². The van der Waals surface area contributed by atoms with E-state index in [0.717, 1.165) is 12.8 Å². The normalized spacial score (nSPS) is 33.5. The lowest BCUT2D eigenvalue weighted by Crippen LogP contribution is -2.36. The van der Waals surface area contributed by atoms with Crippen molar-refractivity contribution in [3.63, 3.8) is 0 Å². The third-order valence-corrected chi connectivity index (χ3v) is 5.02.